The first kappa shape index (κ1) is 17.9. The van der Waals surface area contributed by atoms with Gasteiger partial charge in [-0.3, -0.25) is 14.8 Å². The molecule has 3 heterocycles. The van der Waals surface area contributed by atoms with Gasteiger partial charge in [0.1, 0.15) is 0 Å². The van der Waals surface area contributed by atoms with Crippen molar-refractivity contribution in [2.75, 3.05) is 15.5 Å². The van der Waals surface area contributed by atoms with Gasteiger partial charge in [0.15, 0.2) is 0 Å². The van der Waals surface area contributed by atoms with E-state index < -0.39 is 0 Å². The topological polar surface area (TPSA) is 70.2 Å². The molecule has 0 aliphatic carbocycles. The predicted molar refractivity (Wildman–Crippen MR) is 118 cm³/mol. The predicted octanol–water partition coefficient (Wildman–Crippen LogP) is 5.12. The second kappa shape index (κ2) is 7.67. The molecule has 2 N–H and O–H groups in total. The van der Waals surface area contributed by atoms with Crippen molar-refractivity contribution in [3.63, 3.8) is 0 Å². The lowest BCUT2D eigenvalue weighted by atomic mass is 10.1. The number of hydrogen-bond acceptors (Lipinski definition) is 5. The summed E-state index contributed by atoms with van der Waals surface area (Å²) in [5.41, 5.74) is 6.38. The second-order valence-electron chi connectivity index (χ2n) is 7.04. The van der Waals surface area contributed by atoms with Crippen LogP contribution >= 0.6 is 0 Å². The minimum Gasteiger partial charge on any atom is -0.355 e. The minimum absolute atomic E-state index is 0.0153. The number of amides is 1. The number of carbonyl (C=O) groups is 1. The van der Waals surface area contributed by atoms with Gasteiger partial charge in [-0.1, -0.05) is 6.07 Å². The highest BCUT2D eigenvalue weighted by atomic mass is 16.2. The average molecular weight is 393 g/mol. The fourth-order valence-electron chi connectivity index (χ4n) is 3.56. The van der Waals surface area contributed by atoms with Crippen LogP contribution in [0.15, 0.2) is 91.5 Å². The van der Waals surface area contributed by atoms with E-state index in [0.717, 1.165) is 39.6 Å². The number of benzene rings is 2. The number of nitrogens with one attached hydrogen (secondary N) is 2. The first-order chi connectivity index (χ1) is 14.8. The molecule has 0 bridgehead atoms. The van der Waals surface area contributed by atoms with Gasteiger partial charge in [-0.15, -0.1) is 0 Å². The SMILES string of the molecule is O=C1c2ccc(Nc3ccncc3)cc2CN1c1cccc(Nc2ccncc2)c1. The van der Waals surface area contributed by atoms with Gasteiger partial charge < -0.3 is 15.5 Å². The van der Waals surface area contributed by atoms with Gasteiger partial charge >= 0.3 is 0 Å². The lowest BCUT2D eigenvalue weighted by molar-refractivity contribution is 0.0996. The van der Waals surface area contributed by atoms with Gasteiger partial charge in [-0.25, -0.2) is 0 Å². The molecule has 5 rings (SSSR count). The van der Waals surface area contributed by atoms with E-state index in [-0.39, 0.29) is 5.91 Å². The van der Waals surface area contributed by atoms with E-state index in [9.17, 15) is 4.79 Å². The molecule has 1 amide bonds. The van der Waals surface area contributed by atoms with Gasteiger partial charge in [0, 0.05) is 58.8 Å². The summed E-state index contributed by atoms with van der Waals surface area (Å²) in [6.07, 6.45) is 6.97. The Bertz CT molecular complexity index is 1190. The molecule has 0 saturated carbocycles. The first-order valence-corrected chi connectivity index (χ1v) is 9.65. The highest BCUT2D eigenvalue weighted by molar-refractivity contribution is 6.10. The van der Waals surface area contributed by atoms with Crippen molar-refractivity contribution in [3.05, 3.63) is 103 Å². The third kappa shape index (κ3) is 3.58. The molecular formula is C24H19N5O. The number of rotatable bonds is 5. The molecule has 6 nitrogen and oxygen atoms in total. The number of fused-ring (bicyclic) bond motifs is 1. The summed E-state index contributed by atoms with van der Waals surface area (Å²) in [7, 11) is 0. The molecule has 1 aliphatic rings. The molecule has 2 aromatic carbocycles. The molecule has 6 heteroatoms. The van der Waals surface area contributed by atoms with E-state index in [0.29, 0.717) is 6.54 Å². The van der Waals surface area contributed by atoms with Crippen molar-refractivity contribution in [2.24, 2.45) is 0 Å². The normalized spacial score (nSPS) is 12.5. The van der Waals surface area contributed by atoms with Crippen LogP contribution in [0.3, 0.4) is 0 Å². The van der Waals surface area contributed by atoms with Crippen molar-refractivity contribution < 1.29 is 4.79 Å². The lowest BCUT2D eigenvalue weighted by Crippen LogP contribution is -2.22. The third-order valence-corrected chi connectivity index (χ3v) is 5.01. The zero-order valence-corrected chi connectivity index (χ0v) is 16.1. The van der Waals surface area contributed by atoms with Crippen molar-refractivity contribution in [2.45, 2.75) is 6.54 Å². The molecule has 0 unspecified atom stereocenters. The van der Waals surface area contributed by atoms with Crippen LogP contribution in [-0.4, -0.2) is 15.9 Å². The second-order valence-corrected chi connectivity index (χ2v) is 7.04. The standard InChI is InChI=1S/C24H19N5O/c30-24-23-5-4-21(28-19-8-12-26-13-9-19)14-17(23)16-29(24)22-3-1-2-20(15-22)27-18-6-10-25-11-7-18/h1-15H,16H2,(H,25,27)(H,26,28). The van der Waals surface area contributed by atoms with Crippen molar-refractivity contribution >= 4 is 34.3 Å². The maximum absolute atomic E-state index is 13.0. The van der Waals surface area contributed by atoms with E-state index in [1.807, 2.05) is 66.7 Å². The zero-order valence-electron chi connectivity index (χ0n) is 16.1. The summed E-state index contributed by atoms with van der Waals surface area (Å²) in [6, 6.07) is 21.4. The molecule has 4 aromatic rings. The molecule has 0 fully saturated rings. The molecule has 30 heavy (non-hydrogen) atoms. The van der Waals surface area contributed by atoms with Crippen LogP contribution in [0.4, 0.5) is 28.4 Å². The third-order valence-electron chi connectivity index (χ3n) is 5.01. The Morgan fingerprint density at radius 3 is 2.00 bits per heavy atom. The summed E-state index contributed by atoms with van der Waals surface area (Å²) in [5, 5.41) is 6.70. The monoisotopic (exact) mass is 393 g/mol. The lowest BCUT2D eigenvalue weighted by Gasteiger charge is -2.17. The van der Waals surface area contributed by atoms with Crippen molar-refractivity contribution in [1.82, 2.24) is 9.97 Å². The highest BCUT2D eigenvalue weighted by Crippen LogP contribution is 2.32. The number of hydrogen-bond donors (Lipinski definition) is 2. The van der Waals surface area contributed by atoms with E-state index in [1.54, 1.807) is 29.7 Å². The van der Waals surface area contributed by atoms with Crippen LogP contribution < -0.4 is 15.5 Å². The molecule has 0 spiro atoms. The maximum atomic E-state index is 13.0. The van der Waals surface area contributed by atoms with E-state index in [2.05, 4.69) is 20.6 Å². The Balaban J connectivity index is 1.37. The number of carbonyl (C=O) groups excluding carboxylic acids is 1. The number of aromatic nitrogens is 2. The average Bonchev–Trinajstić information content (AvgIpc) is 3.11. The fourth-order valence-corrected chi connectivity index (χ4v) is 3.56. The smallest absolute Gasteiger partial charge is 0.258 e. The van der Waals surface area contributed by atoms with Crippen LogP contribution in [-0.2, 0) is 6.54 Å². The largest absolute Gasteiger partial charge is 0.355 e. The Morgan fingerprint density at radius 1 is 0.700 bits per heavy atom. The van der Waals surface area contributed by atoms with Gasteiger partial charge in [0.05, 0.1) is 6.54 Å². The maximum Gasteiger partial charge on any atom is 0.258 e. The van der Waals surface area contributed by atoms with Crippen LogP contribution in [0.1, 0.15) is 15.9 Å². The molecule has 1 aliphatic heterocycles. The quantitative estimate of drug-likeness (QED) is 0.492. The summed E-state index contributed by atoms with van der Waals surface area (Å²) in [4.78, 5) is 22.9. The van der Waals surface area contributed by atoms with Crippen LogP contribution in [0.2, 0.25) is 0 Å². The molecule has 0 atom stereocenters. The van der Waals surface area contributed by atoms with Crippen LogP contribution in [0.25, 0.3) is 0 Å². The summed E-state index contributed by atoms with van der Waals surface area (Å²) >= 11 is 0. The van der Waals surface area contributed by atoms with Gasteiger partial charge in [0.25, 0.3) is 5.91 Å². The van der Waals surface area contributed by atoms with Gasteiger partial charge in [-0.2, -0.15) is 0 Å². The Hall–Kier alpha value is -4.19. The van der Waals surface area contributed by atoms with E-state index in [4.69, 9.17) is 0 Å². The molecule has 0 radical (unpaired) electrons. The fraction of sp³-hybridized carbons (Fsp3) is 0.0417. The Morgan fingerprint density at radius 2 is 1.33 bits per heavy atom. The Kier molecular flexibility index (Phi) is 4.57. The molecule has 2 aromatic heterocycles. The van der Waals surface area contributed by atoms with Gasteiger partial charge in [-0.05, 0) is 66.2 Å². The van der Waals surface area contributed by atoms with E-state index in [1.165, 1.54) is 0 Å². The van der Waals surface area contributed by atoms with Crippen molar-refractivity contribution in [3.8, 4) is 0 Å². The molecule has 0 saturated heterocycles. The molecule has 146 valence electrons. The van der Waals surface area contributed by atoms with Crippen LogP contribution in [0.5, 0.6) is 0 Å². The Labute approximate surface area is 174 Å². The number of pyridine rings is 2. The van der Waals surface area contributed by atoms with Crippen LogP contribution in [0, 0.1) is 0 Å². The first-order valence-electron chi connectivity index (χ1n) is 9.65. The van der Waals surface area contributed by atoms with Crippen molar-refractivity contribution in [1.29, 1.82) is 0 Å². The minimum atomic E-state index is 0.0153. The molecular weight excluding hydrogens is 374 g/mol. The highest BCUT2D eigenvalue weighted by Gasteiger charge is 2.28. The summed E-state index contributed by atoms with van der Waals surface area (Å²) < 4.78 is 0. The number of anilines is 5. The zero-order chi connectivity index (χ0) is 20.3. The summed E-state index contributed by atoms with van der Waals surface area (Å²) in [6.45, 7) is 0.540. The number of nitrogens with zero attached hydrogens (tertiary/aromatic N) is 3. The van der Waals surface area contributed by atoms with Gasteiger partial charge in [0.2, 0.25) is 0 Å². The summed E-state index contributed by atoms with van der Waals surface area (Å²) in [5.74, 6) is 0.0153. The van der Waals surface area contributed by atoms with E-state index >= 15 is 0 Å².